The highest BCUT2D eigenvalue weighted by molar-refractivity contribution is 6.00. The molecule has 1 aromatic rings. The Balaban J connectivity index is 3.09. The van der Waals surface area contributed by atoms with Gasteiger partial charge in [0.2, 0.25) is 0 Å². The molecule has 0 aliphatic heterocycles. The number of aliphatic hydroxyl groups is 1. The lowest BCUT2D eigenvalue weighted by Gasteiger charge is -2.08. The molecule has 1 aromatic carbocycles. The molecule has 0 saturated heterocycles. The number of carboxylic acid groups (broad SMARTS) is 1. The number of carbonyl (C=O) groups excluding carboxylic acids is 1. The van der Waals surface area contributed by atoms with Gasteiger partial charge in [0.1, 0.15) is 12.3 Å². The molecule has 6 N–H and O–H groups in total. The van der Waals surface area contributed by atoms with E-state index in [1.165, 1.54) is 6.08 Å². The van der Waals surface area contributed by atoms with Crippen molar-refractivity contribution in [2.45, 2.75) is 6.92 Å². The lowest BCUT2D eigenvalue weighted by atomic mass is 10.0. The van der Waals surface area contributed by atoms with E-state index in [0.717, 1.165) is 0 Å². The first-order chi connectivity index (χ1) is 12.3. The zero-order chi connectivity index (χ0) is 19.7. The Morgan fingerprint density at radius 3 is 2.54 bits per heavy atom. The number of amidine groups is 1. The Morgan fingerprint density at radius 1 is 1.35 bits per heavy atom. The first-order valence-corrected chi connectivity index (χ1v) is 7.36. The van der Waals surface area contributed by atoms with Gasteiger partial charge in [-0.2, -0.15) is 5.10 Å². The number of hydrazone groups is 1. The van der Waals surface area contributed by atoms with Gasteiger partial charge >= 0.3 is 5.97 Å². The van der Waals surface area contributed by atoms with E-state index >= 15 is 0 Å². The van der Waals surface area contributed by atoms with Crippen molar-refractivity contribution >= 4 is 23.3 Å². The summed E-state index contributed by atoms with van der Waals surface area (Å²) >= 11 is 0. The summed E-state index contributed by atoms with van der Waals surface area (Å²) in [5.74, 6) is 2.80. The Labute approximate surface area is 149 Å². The Bertz CT molecular complexity index is 824. The van der Waals surface area contributed by atoms with Crippen molar-refractivity contribution in [2.75, 3.05) is 6.54 Å². The number of nitrogens with one attached hydrogen (secondary N) is 2. The van der Waals surface area contributed by atoms with E-state index in [0.29, 0.717) is 16.7 Å². The molecule has 0 unspecified atom stereocenters. The highest BCUT2D eigenvalue weighted by atomic mass is 16.4. The quantitative estimate of drug-likeness (QED) is 0.0735. The summed E-state index contributed by atoms with van der Waals surface area (Å²) < 4.78 is 0. The molecule has 0 spiro atoms. The van der Waals surface area contributed by atoms with Crippen LogP contribution in [0.1, 0.15) is 18.1 Å². The van der Waals surface area contributed by atoms with Crippen LogP contribution >= 0.6 is 0 Å². The van der Waals surface area contributed by atoms with E-state index in [1.54, 1.807) is 37.3 Å². The zero-order valence-electron chi connectivity index (χ0n) is 14.1. The molecule has 0 aromatic heterocycles. The fraction of sp³-hybridized carbons (Fsp3) is 0.118. The molecule has 1 rings (SSSR count). The van der Waals surface area contributed by atoms with Crippen LogP contribution in [-0.4, -0.2) is 34.5 Å². The molecular formula is C17H19N5O4. The number of nitrogens with zero attached hydrogens (tertiary/aromatic N) is 2. The average Bonchev–Trinajstić information content (AvgIpc) is 2.64. The summed E-state index contributed by atoms with van der Waals surface area (Å²) in [6.07, 6.45) is 3.01. The van der Waals surface area contributed by atoms with Gasteiger partial charge in [-0.1, -0.05) is 30.9 Å². The minimum Gasteiger partial charge on any atom is -0.507 e. The summed E-state index contributed by atoms with van der Waals surface area (Å²) in [6, 6.07) is 6.77. The number of hydrogen-bond acceptors (Lipinski definition) is 6. The second-order valence-electron chi connectivity index (χ2n) is 4.97. The number of carboxylic acids is 1. The Morgan fingerprint density at radius 2 is 2.00 bits per heavy atom. The maximum absolute atomic E-state index is 11.8. The molecular weight excluding hydrogens is 338 g/mol. The monoisotopic (exact) mass is 357 g/mol. The van der Waals surface area contributed by atoms with Gasteiger partial charge in [0, 0.05) is 5.56 Å². The summed E-state index contributed by atoms with van der Waals surface area (Å²) in [5, 5.41) is 27.4. The van der Waals surface area contributed by atoms with Gasteiger partial charge < -0.3 is 21.4 Å². The number of rotatable bonds is 7. The predicted molar refractivity (Wildman–Crippen MR) is 96.5 cm³/mol. The normalized spacial score (nSPS) is 12.4. The van der Waals surface area contributed by atoms with Crippen LogP contribution in [0.25, 0.3) is 5.57 Å². The molecule has 9 nitrogen and oxygen atoms in total. The maximum Gasteiger partial charge on any atom is 0.322 e. The van der Waals surface area contributed by atoms with Crippen LogP contribution in [0.3, 0.4) is 0 Å². The van der Waals surface area contributed by atoms with Gasteiger partial charge in [-0.25, -0.2) is 5.53 Å². The van der Waals surface area contributed by atoms with Gasteiger partial charge in [-0.3, -0.25) is 9.59 Å². The molecule has 0 saturated carbocycles. The van der Waals surface area contributed by atoms with Crippen LogP contribution in [0.15, 0.2) is 64.5 Å². The molecule has 136 valence electrons. The topological polar surface area (TPSA) is 161 Å². The first kappa shape index (κ1) is 20.3. The highest BCUT2D eigenvalue weighted by Crippen LogP contribution is 2.21. The minimum atomic E-state index is -1.21. The second kappa shape index (κ2) is 9.52. The minimum absolute atomic E-state index is 0.0352. The van der Waals surface area contributed by atoms with Crippen molar-refractivity contribution in [3.63, 3.8) is 0 Å². The summed E-state index contributed by atoms with van der Waals surface area (Å²) in [7, 11) is 0. The van der Waals surface area contributed by atoms with E-state index < -0.39 is 24.2 Å². The molecule has 0 radical (unpaired) electrons. The SMILES string of the molecule is C=C(C(=O)NCC(=O)O)/C(O)=C\C(=C/C)c1cccc(/C(N=N)=N/N)c1. The van der Waals surface area contributed by atoms with Crippen LogP contribution in [-0.2, 0) is 9.59 Å². The van der Waals surface area contributed by atoms with E-state index in [2.05, 4.69) is 22.1 Å². The summed E-state index contributed by atoms with van der Waals surface area (Å²) in [5.41, 5.74) is 8.50. The van der Waals surface area contributed by atoms with Gasteiger partial charge in [-0.15, -0.1) is 5.11 Å². The molecule has 0 atom stereocenters. The van der Waals surface area contributed by atoms with Crippen molar-refractivity contribution in [3.8, 4) is 0 Å². The molecule has 0 heterocycles. The van der Waals surface area contributed by atoms with E-state index in [4.69, 9.17) is 16.5 Å². The molecule has 0 bridgehead atoms. The third kappa shape index (κ3) is 5.41. The zero-order valence-corrected chi connectivity index (χ0v) is 14.1. The van der Waals surface area contributed by atoms with Gasteiger partial charge in [0.25, 0.3) is 5.91 Å². The smallest absolute Gasteiger partial charge is 0.322 e. The van der Waals surface area contributed by atoms with Gasteiger partial charge in [0.05, 0.1) is 5.57 Å². The molecule has 1 amide bonds. The first-order valence-electron chi connectivity index (χ1n) is 7.36. The number of aliphatic carboxylic acids is 1. The summed E-state index contributed by atoms with van der Waals surface area (Å²) in [6.45, 7) is 4.61. The average molecular weight is 357 g/mol. The van der Waals surface area contributed by atoms with Crippen LogP contribution < -0.4 is 11.2 Å². The largest absolute Gasteiger partial charge is 0.507 e. The van der Waals surface area contributed by atoms with E-state index in [1.807, 2.05) is 0 Å². The Hall–Kier alpha value is -3.75. The van der Waals surface area contributed by atoms with Crippen molar-refractivity contribution in [1.29, 1.82) is 5.53 Å². The lowest BCUT2D eigenvalue weighted by Crippen LogP contribution is -2.30. The fourth-order valence-electron chi connectivity index (χ4n) is 1.95. The van der Waals surface area contributed by atoms with E-state index in [-0.39, 0.29) is 11.4 Å². The number of aliphatic hydroxyl groups excluding tert-OH is 1. The van der Waals surface area contributed by atoms with Crippen LogP contribution in [0.4, 0.5) is 0 Å². The third-order valence-electron chi connectivity index (χ3n) is 3.27. The van der Waals surface area contributed by atoms with Crippen molar-refractivity contribution in [2.24, 2.45) is 16.1 Å². The number of benzene rings is 1. The van der Waals surface area contributed by atoms with Gasteiger partial charge in [-0.05, 0) is 30.2 Å². The number of hydrogen-bond donors (Lipinski definition) is 5. The van der Waals surface area contributed by atoms with E-state index in [9.17, 15) is 14.7 Å². The Kier molecular flexibility index (Phi) is 7.43. The molecule has 0 aliphatic carbocycles. The highest BCUT2D eigenvalue weighted by Gasteiger charge is 2.13. The number of carbonyl (C=O) groups is 2. The van der Waals surface area contributed by atoms with Crippen LogP contribution in [0.5, 0.6) is 0 Å². The standard InChI is InChI=1S/C17H19N5O4/c1-3-11(8-14(23)10(2)17(26)20-9-15(24)25)12-5-4-6-13(7-12)16(21-18)22-19/h3-8,18,23H,2,9,19H2,1H3,(H,20,26)(H,24,25)/b11-3+,14-8+,21-18?,22-16-. The molecule has 0 fully saturated rings. The number of allylic oxidation sites excluding steroid dienone is 3. The fourth-order valence-corrected chi connectivity index (χ4v) is 1.95. The van der Waals surface area contributed by atoms with Crippen molar-refractivity contribution in [3.05, 3.63) is 65.5 Å². The predicted octanol–water partition coefficient (Wildman–Crippen LogP) is 1.94. The summed E-state index contributed by atoms with van der Waals surface area (Å²) in [4.78, 5) is 22.2. The second-order valence-corrected chi connectivity index (χ2v) is 4.97. The molecule has 0 aliphatic rings. The van der Waals surface area contributed by atoms with Crippen molar-refractivity contribution < 1.29 is 19.8 Å². The number of nitrogens with two attached hydrogens (primary N) is 1. The van der Waals surface area contributed by atoms with Crippen LogP contribution in [0, 0.1) is 5.53 Å². The molecule has 26 heavy (non-hydrogen) atoms. The number of amides is 1. The molecule has 9 heteroatoms. The third-order valence-corrected chi connectivity index (χ3v) is 3.27. The van der Waals surface area contributed by atoms with Crippen LogP contribution in [0.2, 0.25) is 0 Å². The van der Waals surface area contributed by atoms with Crippen molar-refractivity contribution in [1.82, 2.24) is 5.32 Å². The lowest BCUT2D eigenvalue weighted by molar-refractivity contribution is -0.137. The maximum atomic E-state index is 11.8. The van der Waals surface area contributed by atoms with Gasteiger partial charge in [0.15, 0.2) is 5.84 Å².